The van der Waals surface area contributed by atoms with Crippen molar-refractivity contribution in [1.29, 1.82) is 0 Å². The summed E-state index contributed by atoms with van der Waals surface area (Å²) in [7, 11) is 1.57. The average Bonchev–Trinajstić information content (AvgIpc) is 2.72. The summed E-state index contributed by atoms with van der Waals surface area (Å²) in [5.74, 6) is 0.492. The number of rotatable bonds is 8. The average molecular weight is 394 g/mol. The largest absolute Gasteiger partial charge is 0.497 e. The van der Waals surface area contributed by atoms with Crippen LogP contribution in [-0.4, -0.2) is 19.6 Å². The molecule has 0 unspecified atom stereocenters. The van der Waals surface area contributed by atoms with Crippen molar-refractivity contribution in [3.05, 3.63) is 69.6 Å². The van der Waals surface area contributed by atoms with Gasteiger partial charge in [0, 0.05) is 35.7 Å². The molecule has 0 aliphatic carbocycles. The van der Waals surface area contributed by atoms with E-state index in [-0.39, 0.29) is 12.3 Å². The smallest absolute Gasteiger partial charge is 0.339 e. The third-order valence-corrected chi connectivity index (χ3v) is 4.95. The highest BCUT2D eigenvalue weighted by atomic mass is 16.5. The third kappa shape index (κ3) is 4.84. The summed E-state index contributed by atoms with van der Waals surface area (Å²) >= 11 is 0. The van der Waals surface area contributed by atoms with Gasteiger partial charge in [0.05, 0.1) is 7.11 Å². The monoisotopic (exact) mass is 394 g/mol. The fourth-order valence-corrected chi connectivity index (χ4v) is 3.30. The highest BCUT2D eigenvalue weighted by Crippen LogP contribution is 2.24. The molecule has 1 amide bonds. The summed E-state index contributed by atoms with van der Waals surface area (Å²) in [6, 6.07) is 13.1. The number of methoxy groups -OCH3 is 1. The fraction of sp³-hybridized carbons (Fsp3) is 0.304. The summed E-state index contributed by atoms with van der Waals surface area (Å²) < 4.78 is 10.6. The lowest BCUT2D eigenvalue weighted by atomic mass is 10.0. The molecule has 3 aromatic rings. The van der Waals surface area contributed by atoms with Gasteiger partial charge in [-0.25, -0.2) is 4.79 Å². The number of amides is 1. The molecule has 2 aromatic carbocycles. The highest BCUT2D eigenvalue weighted by molar-refractivity contribution is 5.91. The predicted octanol–water partition coefficient (Wildman–Crippen LogP) is 3.79. The molecular formula is C23H26N2O4. The molecule has 0 aliphatic heterocycles. The molecule has 1 aromatic heterocycles. The van der Waals surface area contributed by atoms with Crippen molar-refractivity contribution in [2.75, 3.05) is 19.0 Å². The zero-order chi connectivity index (χ0) is 20.8. The Morgan fingerprint density at radius 3 is 2.72 bits per heavy atom. The number of anilines is 1. The van der Waals surface area contributed by atoms with Gasteiger partial charge < -0.3 is 19.8 Å². The number of para-hydroxylation sites is 1. The van der Waals surface area contributed by atoms with E-state index in [0.717, 1.165) is 28.7 Å². The molecule has 152 valence electrons. The molecule has 0 bridgehead atoms. The minimum absolute atomic E-state index is 0.137. The maximum absolute atomic E-state index is 12.5. The normalized spacial score (nSPS) is 10.9. The molecule has 3 rings (SSSR count). The van der Waals surface area contributed by atoms with Crippen LogP contribution in [0.15, 0.2) is 51.7 Å². The van der Waals surface area contributed by atoms with E-state index in [1.165, 1.54) is 0 Å². The first-order valence-corrected chi connectivity index (χ1v) is 9.72. The van der Waals surface area contributed by atoms with E-state index in [0.29, 0.717) is 29.9 Å². The van der Waals surface area contributed by atoms with Crippen molar-refractivity contribution in [3.8, 4) is 5.75 Å². The van der Waals surface area contributed by atoms with Gasteiger partial charge in [-0.3, -0.25) is 4.79 Å². The zero-order valence-corrected chi connectivity index (χ0v) is 17.0. The number of nitrogens with one attached hydrogen (secondary N) is 2. The second-order valence-electron chi connectivity index (χ2n) is 6.84. The van der Waals surface area contributed by atoms with Crippen LogP contribution >= 0.6 is 0 Å². The molecule has 0 atom stereocenters. The van der Waals surface area contributed by atoms with Crippen LogP contribution in [0, 0.1) is 6.92 Å². The Morgan fingerprint density at radius 1 is 1.17 bits per heavy atom. The number of fused-ring (bicyclic) bond motifs is 1. The molecule has 29 heavy (non-hydrogen) atoms. The topological polar surface area (TPSA) is 80.6 Å². The molecular weight excluding hydrogens is 368 g/mol. The van der Waals surface area contributed by atoms with E-state index in [9.17, 15) is 9.59 Å². The van der Waals surface area contributed by atoms with E-state index in [1.54, 1.807) is 13.2 Å². The van der Waals surface area contributed by atoms with Gasteiger partial charge >= 0.3 is 5.63 Å². The van der Waals surface area contributed by atoms with Crippen LogP contribution < -0.4 is 21.0 Å². The third-order valence-electron chi connectivity index (χ3n) is 4.95. The fourth-order valence-electron chi connectivity index (χ4n) is 3.30. The Bertz CT molecular complexity index is 1070. The predicted molar refractivity (Wildman–Crippen MR) is 115 cm³/mol. The summed E-state index contributed by atoms with van der Waals surface area (Å²) in [4.78, 5) is 25.0. The van der Waals surface area contributed by atoms with Gasteiger partial charge in [0.2, 0.25) is 5.91 Å². The summed E-state index contributed by atoms with van der Waals surface area (Å²) in [5.41, 5.74) is 3.24. The lowest BCUT2D eigenvalue weighted by Crippen LogP contribution is -2.19. The highest BCUT2D eigenvalue weighted by Gasteiger charge is 2.14. The Balaban J connectivity index is 1.74. The first-order valence-electron chi connectivity index (χ1n) is 9.72. The Hall–Kier alpha value is -3.12. The summed E-state index contributed by atoms with van der Waals surface area (Å²) in [6.07, 6.45) is 0.514. The summed E-state index contributed by atoms with van der Waals surface area (Å²) in [5, 5.41) is 7.06. The number of hydrogen-bond acceptors (Lipinski definition) is 5. The molecule has 6 heteroatoms. The maximum Gasteiger partial charge on any atom is 0.339 e. The van der Waals surface area contributed by atoms with E-state index < -0.39 is 5.63 Å². The number of ether oxygens (including phenoxy) is 1. The Morgan fingerprint density at radius 2 is 1.97 bits per heavy atom. The first-order chi connectivity index (χ1) is 14.0. The van der Waals surface area contributed by atoms with Crippen molar-refractivity contribution >= 4 is 22.6 Å². The second-order valence-corrected chi connectivity index (χ2v) is 6.84. The maximum atomic E-state index is 12.5. The molecule has 0 spiro atoms. The molecule has 0 saturated heterocycles. The van der Waals surface area contributed by atoms with Crippen LogP contribution in [-0.2, 0) is 17.8 Å². The van der Waals surface area contributed by atoms with Crippen LogP contribution in [0.1, 0.15) is 30.0 Å². The van der Waals surface area contributed by atoms with Crippen molar-refractivity contribution in [2.45, 2.75) is 33.2 Å². The van der Waals surface area contributed by atoms with E-state index in [2.05, 4.69) is 10.6 Å². The quantitative estimate of drug-likeness (QED) is 0.568. The van der Waals surface area contributed by atoms with Gasteiger partial charge in [0.25, 0.3) is 0 Å². The standard InChI is InChI=1S/C23H26N2O4/c1-4-24-14-16-7-5-6-8-20(16)25-22(26)12-11-19-15(2)18-10-9-17(28-3)13-21(18)29-23(19)27/h5-10,13,24H,4,11-12,14H2,1-3H3,(H,25,26). The van der Waals surface area contributed by atoms with E-state index in [1.807, 2.05) is 50.2 Å². The number of hydrogen-bond donors (Lipinski definition) is 2. The zero-order valence-electron chi connectivity index (χ0n) is 17.0. The van der Waals surface area contributed by atoms with Gasteiger partial charge in [-0.15, -0.1) is 0 Å². The molecule has 6 nitrogen and oxygen atoms in total. The van der Waals surface area contributed by atoms with Crippen molar-refractivity contribution in [3.63, 3.8) is 0 Å². The minimum Gasteiger partial charge on any atom is -0.497 e. The number of carbonyl (C=O) groups is 1. The van der Waals surface area contributed by atoms with Crippen molar-refractivity contribution < 1.29 is 13.9 Å². The lowest BCUT2D eigenvalue weighted by molar-refractivity contribution is -0.116. The van der Waals surface area contributed by atoms with Gasteiger partial charge in [-0.2, -0.15) is 0 Å². The van der Waals surface area contributed by atoms with Crippen molar-refractivity contribution in [2.24, 2.45) is 0 Å². The minimum atomic E-state index is -0.413. The first kappa shape index (κ1) is 20.6. The Labute approximate surface area is 169 Å². The SMILES string of the molecule is CCNCc1ccccc1NC(=O)CCc1c(C)c2ccc(OC)cc2oc1=O. The van der Waals surface area contributed by atoms with Gasteiger partial charge in [-0.1, -0.05) is 25.1 Å². The van der Waals surface area contributed by atoms with Gasteiger partial charge in [-0.05, 0) is 49.2 Å². The molecule has 1 heterocycles. The van der Waals surface area contributed by atoms with Crippen LogP contribution in [0.3, 0.4) is 0 Å². The van der Waals surface area contributed by atoms with Crippen LogP contribution in [0.4, 0.5) is 5.69 Å². The number of aryl methyl sites for hydroxylation is 1. The Kier molecular flexibility index (Phi) is 6.67. The number of benzene rings is 2. The van der Waals surface area contributed by atoms with E-state index >= 15 is 0 Å². The van der Waals surface area contributed by atoms with E-state index in [4.69, 9.17) is 9.15 Å². The summed E-state index contributed by atoms with van der Waals surface area (Å²) in [6.45, 7) is 5.45. The lowest BCUT2D eigenvalue weighted by Gasteiger charge is -2.12. The van der Waals surface area contributed by atoms with Crippen molar-refractivity contribution in [1.82, 2.24) is 5.32 Å². The molecule has 0 radical (unpaired) electrons. The van der Waals surface area contributed by atoms with Gasteiger partial charge in [0.15, 0.2) is 0 Å². The number of carbonyl (C=O) groups excluding carboxylic acids is 1. The molecule has 0 saturated carbocycles. The second kappa shape index (κ2) is 9.39. The van der Waals surface area contributed by atoms with Crippen LogP contribution in [0.25, 0.3) is 11.0 Å². The van der Waals surface area contributed by atoms with Gasteiger partial charge in [0.1, 0.15) is 11.3 Å². The molecule has 2 N–H and O–H groups in total. The molecule has 0 fully saturated rings. The molecule has 0 aliphatic rings. The van der Waals surface area contributed by atoms with Crippen LogP contribution in [0.2, 0.25) is 0 Å². The van der Waals surface area contributed by atoms with Crippen LogP contribution in [0.5, 0.6) is 5.75 Å².